The van der Waals surface area contributed by atoms with Gasteiger partial charge in [-0.3, -0.25) is 9.36 Å². The number of fused-ring (bicyclic) bond motifs is 1. The van der Waals surface area contributed by atoms with E-state index in [4.69, 9.17) is 19.7 Å². The number of aliphatic carboxylic acids is 1. The molecule has 0 saturated carbocycles. The SMILES string of the molecule is CC(C)OC(=O)[C@H](C)O[P@](=O)(CO[C@H](C)Cn1cnc2c(N)ncnc21)NC(C)(C)C(=O)O. The molecule has 0 aliphatic rings. The smallest absolute Gasteiger partial charge is 0.335 e. The molecule has 0 fully saturated rings. The number of nitrogens with zero attached hydrogens (tertiary/aromatic N) is 4. The van der Waals surface area contributed by atoms with Crippen molar-refractivity contribution < 1.29 is 33.3 Å². The third kappa shape index (κ3) is 7.19. The summed E-state index contributed by atoms with van der Waals surface area (Å²) >= 11 is 0. The molecular weight excluding hydrogens is 455 g/mol. The zero-order valence-corrected chi connectivity index (χ0v) is 20.4. The molecule has 2 aromatic heterocycles. The monoisotopic (exact) mass is 486 g/mol. The topological polar surface area (TPSA) is 181 Å². The van der Waals surface area contributed by atoms with Crippen LogP contribution in [0.4, 0.5) is 5.82 Å². The fourth-order valence-corrected chi connectivity index (χ4v) is 4.95. The summed E-state index contributed by atoms with van der Waals surface area (Å²) in [5.74, 6) is -1.73. The van der Waals surface area contributed by atoms with Crippen LogP contribution in [0.25, 0.3) is 11.2 Å². The first-order chi connectivity index (χ1) is 15.2. The van der Waals surface area contributed by atoms with Crippen LogP contribution in [0.1, 0.15) is 41.5 Å². The Bertz CT molecular complexity index is 1040. The number of carbonyl (C=O) groups excluding carboxylic acids is 1. The molecule has 0 saturated heterocycles. The van der Waals surface area contributed by atoms with Crippen molar-refractivity contribution in [3.8, 4) is 0 Å². The second-order valence-electron chi connectivity index (χ2n) is 8.38. The van der Waals surface area contributed by atoms with Crippen LogP contribution in [-0.4, -0.2) is 66.8 Å². The van der Waals surface area contributed by atoms with E-state index in [-0.39, 0.29) is 12.4 Å². The Balaban J connectivity index is 2.14. The number of nitrogens with two attached hydrogens (primary N) is 1. The highest BCUT2D eigenvalue weighted by atomic mass is 31.2. The second kappa shape index (κ2) is 10.6. The number of carboxylic acid groups (broad SMARTS) is 1. The molecule has 2 rings (SSSR count). The molecule has 184 valence electrons. The number of esters is 1. The van der Waals surface area contributed by atoms with Gasteiger partial charge < -0.3 is 29.4 Å². The first kappa shape index (κ1) is 26.7. The van der Waals surface area contributed by atoms with E-state index in [2.05, 4.69) is 20.0 Å². The van der Waals surface area contributed by atoms with Crippen LogP contribution in [0.15, 0.2) is 12.7 Å². The molecule has 4 N–H and O–H groups in total. The Morgan fingerprint density at radius 1 is 1.24 bits per heavy atom. The van der Waals surface area contributed by atoms with Gasteiger partial charge in [-0.25, -0.2) is 24.8 Å². The number of anilines is 1. The zero-order valence-electron chi connectivity index (χ0n) is 19.5. The van der Waals surface area contributed by atoms with Crippen molar-refractivity contribution in [3.05, 3.63) is 12.7 Å². The molecule has 14 heteroatoms. The lowest BCUT2D eigenvalue weighted by molar-refractivity contribution is -0.155. The summed E-state index contributed by atoms with van der Waals surface area (Å²) in [6, 6.07) is 0. The van der Waals surface area contributed by atoms with Crippen molar-refractivity contribution in [2.24, 2.45) is 0 Å². The van der Waals surface area contributed by atoms with Gasteiger partial charge in [-0.05, 0) is 41.5 Å². The molecule has 2 aromatic rings. The van der Waals surface area contributed by atoms with Gasteiger partial charge in [-0.1, -0.05) is 0 Å². The number of rotatable bonds is 12. The second-order valence-corrected chi connectivity index (χ2v) is 10.4. The Labute approximate surface area is 191 Å². The van der Waals surface area contributed by atoms with Gasteiger partial charge in [0.25, 0.3) is 7.52 Å². The number of imidazole rings is 1. The highest BCUT2D eigenvalue weighted by Gasteiger charge is 2.39. The van der Waals surface area contributed by atoms with Crippen molar-refractivity contribution in [1.29, 1.82) is 0 Å². The number of nitrogens with one attached hydrogen (secondary N) is 1. The normalized spacial score (nSPS) is 15.8. The van der Waals surface area contributed by atoms with Crippen LogP contribution >= 0.6 is 7.52 Å². The van der Waals surface area contributed by atoms with Gasteiger partial charge in [0.1, 0.15) is 23.7 Å². The number of carboxylic acids is 1. The molecule has 3 atom stereocenters. The van der Waals surface area contributed by atoms with Crippen LogP contribution < -0.4 is 10.8 Å². The van der Waals surface area contributed by atoms with Gasteiger partial charge in [0.15, 0.2) is 17.6 Å². The lowest BCUT2D eigenvalue weighted by atomic mass is 10.1. The Hall–Kier alpha value is -2.60. The molecule has 0 radical (unpaired) electrons. The number of aromatic nitrogens is 4. The maximum atomic E-state index is 13.5. The van der Waals surface area contributed by atoms with E-state index in [0.29, 0.717) is 11.2 Å². The summed E-state index contributed by atoms with van der Waals surface area (Å²) in [7, 11) is -3.97. The maximum absolute atomic E-state index is 13.5. The zero-order chi connectivity index (χ0) is 25.0. The van der Waals surface area contributed by atoms with Gasteiger partial charge in [0.2, 0.25) is 0 Å². The van der Waals surface area contributed by atoms with Gasteiger partial charge in [0, 0.05) is 0 Å². The largest absolute Gasteiger partial charge is 0.480 e. The Kier molecular flexibility index (Phi) is 8.52. The standard InChI is InChI=1S/C19H31N6O7P/c1-11(2)31-17(26)13(4)32-33(29,24-19(5,6)18(27)28)10-30-12(3)7-25-9-23-14-15(20)21-8-22-16(14)25/h8-9,11-13H,7,10H2,1-6H3,(H,24,29)(H,27,28)(H2,20,21,22)/t12-,13+,33-/m1/s1. The number of nitrogen functional groups attached to an aromatic ring is 1. The van der Waals surface area contributed by atoms with Crippen LogP contribution in [0, 0.1) is 0 Å². The number of ether oxygens (including phenoxy) is 2. The highest BCUT2D eigenvalue weighted by molar-refractivity contribution is 7.56. The molecule has 33 heavy (non-hydrogen) atoms. The molecule has 13 nitrogen and oxygen atoms in total. The summed E-state index contributed by atoms with van der Waals surface area (Å²) in [6.07, 6.45) is 0.231. The quantitative estimate of drug-likeness (QED) is 0.293. The first-order valence-corrected chi connectivity index (χ1v) is 12.1. The lowest BCUT2D eigenvalue weighted by Gasteiger charge is -2.30. The van der Waals surface area contributed by atoms with Crippen molar-refractivity contribution in [1.82, 2.24) is 24.6 Å². The summed E-state index contributed by atoms with van der Waals surface area (Å²) in [5.41, 5.74) is 5.13. The third-order valence-corrected chi connectivity index (χ3v) is 6.45. The number of carbonyl (C=O) groups is 2. The molecule has 2 heterocycles. The van der Waals surface area contributed by atoms with E-state index in [1.165, 1.54) is 33.4 Å². The lowest BCUT2D eigenvalue weighted by Crippen LogP contribution is -2.46. The van der Waals surface area contributed by atoms with Crippen LogP contribution in [0.2, 0.25) is 0 Å². The van der Waals surface area contributed by atoms with Gasteiger partial charge in [-0.2, -0.15) is 0 Å². The van der Waals surface area contributed by atoms with E-state index in [9.17, 15) is 19.3 Å². The summed E-state index contributed by atoms with van der Waals surface area (Å²) in [5, 5.41) is 11.9. The fraction of sp³-hybridized carbons (Fsp3) is 0.632. The van der Waals surface area contributed by atoms with Crippen molar-refractivity contribution in [2.75, 3.05) is 12.1 Å². The predicted octanol–water partition coefficient (Wildman–Crippen LogP) is 1.77. The minimum atomic E-state index is -3.97. The Morgan fingerprint density at radius 3 is 2.52 bits per heavy atom. The number of hydrogen-bond donors (Lipinski definition) is 3. The Morgan fingerprint density at radius 2 is 1.91 bits per heavy atom. The molecule has 0 bridgehead atoms. The molecular formula is C19H31N6O7P. The number of hydrogen-bond acceptors (Lipinski definition) is 10. The van der Waals surface area contributed by atoms with E-state index < -0.39 is 49.7 Å². The third-order valence-electron chi connectivity index (χ3n) is 4.41. The average molecular weight is 486 g/mol. The minimum Gasteiger partial charge on any atom is -0.480 e. The van der Waals surface area contributed by atoms with E-state index in [1.54, 1.807) is 25.3 Å². The van der Waals surface area contributed by atoms with Gasteiger partial charge in [-0.15, -0.1) is 0 Å². The summed E-state index contributed by atoms with van der Waals surface area (Å²) < 4.78 is 31.5. The van der Waals surface area contributed by atoms with Crippen LogP contribution in [-0.2, 0) is 34.7 Å². The molecule has 0 spiro atoms. The molecule has 0 aliphatic carbocycles. The molecule has 0 aliphatic heterocycles. The van der Waals surface area contributed by atoms with Crippen LogP contribution in [0.5, 0.6) is 0 Å². The fourth-order valence-electron chi connectivity index (χ4n) is 2.78. The van der Waals surface area contributed by atoms with Crippen molar-refractivity contribution >= 4 is 36.4 Å². The highest BCUT2D eigenvalue weighted by Crippen LogP contribution is 2.46. The maximum Gasteiger partial charge on any atom is 0.335 e. The molecule has 0 aromatic carbocycles. The summed E-state index contributed by atoms with van der Waals surface area (Å²) in [6.45, 7) is 9.36. The van der Waals surface area contributed by atoms with E-state index >= 15 is 0 Å². The van der Waals surface area contributed by atoms with Gasteiger partial charge in [0.05, 0.1) is 25.1 Å². The summed E-state index contributed by atoms with van der Waals surface area (Å²) in [4.78, 5) is 35.9. The predicted molar refractivity (Wildman–Crippen MR) is 119 cm³/mol. The van der Waals surface area contributed by atoms with Crippen LogP contribution in [0.3, 0.4) is 0 Å². The van der Waals surface area contributed by atoms with E-state index in [0.717, 1.165) is 0 Å². The molecule has 0 unspecified atom stereocenters. The van der Waals surface area contributed by atoms with E-state index in [1.807, 2.05) is 0 Å². The van der Waals surface area contributed by atoms with Crippen molar-refractivity contribution in [2.45, 2.75) is 71.9 Å². The molecule has 0 amide bonds. The first-order valence-electron chi connectivity index (χ1n) is 10.3. The minimum absolute atomic E-state index is 0.243. The average Bonchev–Trinajstić information content (AvgIpc) is 3.09. The van der Waals surface area contributed by atoms with Gasteiger partial charge >= 0.3 is 11.9 Å². The van der Waals surface area contributed by atoms with Crippen molar-refractivity contribution in [3.63, 3.8) is 0 Å².